The monoisotopic (exact) mass is 335 g/mol. The molecule has 0 radical (unpaired) electrons. The molecule has 1 aliphatic carbocycles. The number of aromatic nitrogens is 2. The number of halogens is 1. The minimum Gasteiger partial charge on any atom is -0.419 e. The van der Waals surface area contributed by atoms with Crippen molar-refractivity contribution in [3.8, 4) is 11.5 Å². The predicted octanol–water partition coefficient (Wildman–Crippen LogP) is 3.37. The summed E-state index contributed by atoms with van der Waals surface area (Å²) in [5.74, 6) is 1.43. The maximum Gasteiger partial charge on any atom is 0.247 e. The van der Waals surface area contributed by atoms with Gasteiger partial charge in [0.15, 0.2) is 0 Å². The van der Waals surface area contributed by atoms with Gasteiger partial charge < -0.3 is 9.52 Å². The molecule has 1 N–H and O–H groups in total. The van der Waals surface area contributed by atoms with Gasteiger partial charge in [0, 0.05) is 17.1 Å². The van der Waals surface area contributed by atoms with Crippen molar-refractivity contribution in [1.29, 1.82) is 0 Å². The first-order valence-electron chi connectivity index (χ1n) is 8.07. The van der Waals surface area contributed by atoms with Gasteiger partial charge in [0.1, 0.15) is 0 Å². The van der Waals surface area contributed by atoms with E-state index < -0.39 is 0 Å². The van der Waals surface area contributed by atoms with E-state index in [0.29, 0.717) is 29.3 Å². The molecule has 0 spiro atoms. The van der Waals surface area contributed by atoms with Crippen LogP contribution in [0, 0.1) is 5.92 Å². The number of benzene rings is 1. The highest BCUT2D eigenvalue weighted by Gasteiger charge is 2.24. The molecule has 2 unspecified atom stereocenters. The molecule has 5 nitrogen and oxygen atoms in total. The first kappa shape index (κ1) is 16.4. The maximum absolute atomic E-state index is 10.1. The Labute approximate surface area is 141 Å². The molecule has 1 heterocycles. The third kappa shape index (κ3) is 4.31. The first-order valence-corrected chi connectivity index (χ1v) is 8.44. The molecule has 2 atom stereocenters. The van der Waals surface area contributed by atoms with Gasteiger partial charge in [-0.15, -0.1) is 10.2 Å². The standard InChI is InChI=1S/C17H22ClN3O2/c1-21(10-13-4-2-3-5-15(13)22)11-16-19-20-17(23-16)12-6-8-14(18)9-7-12/h6-9,13,15,22H,2-5,10-11H2,1H3. The highest BCUT2D eigenvalue weighted by atomic mass is 35.5. The Morgan fingerprint density at radius 1 is 1.22 bits per heavy atom. The van der Waals surface area contributed by atoms with E-state index in [-0.39, 0.29) is 6.10 Å². The van der Waals surface area contributed by atoms with Crippen LogP contribution in [0.5, 0.6) is 0 Å². The van der Waals surface area contributed by atoms with Gasteiger partial charge in [0.2, 0.25) is 11.8 Å². The summed E-state index contributed by atoms with van der Waals surface area (Å²) >= 11 is 5.88. The van der Waals surface area contributed by atoms with Gasteiger partial charge in [-0.25, -0.2) is 0 Å². The average molecular weight is 336 g/mol. The summed E-state index contributed by atoms with van der Waals surface area (Å²) in [6.45, 7) is 1.43. The third-order valence-electron chi connectivity index (χ3n) is 4.38. The second-order valence-electron chi connectivity index (χ2n) is 6.32. The highest BCUT2D eigenvalue weighted by molar-refractivity contribution is 6.30. The number of hydrogen-bond donors (Lipinski definition) is 1. The van der Waals surface area contributed by atoms with Crippen LogP contribution in [-0.2, 0) is 6.54 Å². The number of aliphatic hydroxyl groups excluding tert-OH is 1. The minimum atomic E-state index is -0.182. The first-order chi connectivity index (χ1) is 11.1. The van der Waals surface area contributed by atoms with Crippen LogP contribution >= 0.6 is 11.6 Å². The zero-order chi connectivity index (χ0) is 16.2. The van der Waals surface area contributed by atoms with E-state index in [1.54, 1.807) is 12.1 Å². The molecule has 6 heteroatoms. The van der Waals surface area contributed by atoms with E-state index in [1.165, 1.54) is 6.42 Å². The van der Waals surface area contributed by atoms with Gasteiger partial charge >= 0.3 is 0 Å². The van der Waals surface area contributed by atoms with Crippen molar-refractivity contribution >= 4 is 11.6 Å². The molecule has 1 aliphatic rings. The van der Waals surface area contributed by atoms with Crippen LogP contribution in [0.15, 0.2) is 28.7 Å². The van der Waals surface area contributed by atoms with E-state index >= 15 is 0 Å². The lowest BCUT2D eigenvalue weighted by molar-refractivity contribution is 0.0488. The number of rotatable bonds is 5. The molecule has 0 aliphatic heterocycles. The molecule has 1 aromatic carbocycles. The summed E-state index contributed by atoms with van der Waals surface area (Å²) in [7, 11) is 2.02. The normalized spacial score (nSPS) is 21.7. The molecule has 124 valence electrons. The fraction of sp³-hybridized carbons (Fsp3) is 0.529. The molecule has 1 aromatic heterocycles. The second-order valence-corrected chi connectivity index (χ2v) is 6.75. The maximum atomic E-state index is 10.1. The van der Waals surface area contributed by atoms with Crippen LogP contribution in [0.2, 0.25) is 5.02 Å². The largest absolute Gasteiger partial charge is 0.419 e. The molecule has 0 saturated heterocycles. The smallest absolute Gasteiger partial charge is 0.247 e. The van der Waals surface area contributed by atoms with Crippen LogP contribution < -0.4 is 0 Å². The van der Waals surface area contributed by atoms with E-state index in [1.807, 2.05) is 19.2 Å². The lowest BCUT2D eigenvalue weighted by Gasteiger charge is -2.30. The fourth-order valence-corrected chi connectivity index (χ4v) is 3.25. The van der Waals surface area contributed by atoms with Crippen LogP contribution in [0.3, 0.4) is 0 Å². The number of hydrogen-bond acceptors (Lipinski definition) is 5. The summed E-state index contributed by atoms with van der Waals surface area (Å²) in [4.78, 5) is 2.14. The molecule has 23 heavy (non-hydrogen) atoms. The Morgan fingerprint density at radius 3 is 2.70 bits per heavy atom. The van der Waals surface area contributed by atoms with Crippen LogP contribution in [0.4, 0.5) is 0 Å². The quantitative estimate of drug-likeness (QED) is 0.907. The van der Waals surface area contributed by atoms with Crippen molar-refractivity contribution in [1.82, 2.24) is 15.1 Å². The predicted molar refractivity (Wildman–Crippen MR) is 89.0 cm³/mol. The van der Waals surface area contributed by atoms with Crippen molar-refractivity contribution < 1.29 is 9.52 Å². The molecule has 3 rings (SSSR count). The SMILES string of the molecule is CN(Cc1nnc(-c2ccc(Cl)cc2)o1)CC1CCCCC1O. The van der Waals surface area contributed by atoms with Crippen molar-refractivity contribution in [3.05, 3.63) is 35.2 Å². The number of nitrogens with zero attached hydrogens (tertiary/aromatic N) is 3. The fourth-order valence-electron chi connectivity index (χ4n) is 3.12. The summed E-state index contributed by atoms with van der Waals surface area (Å²) in [5.41, 5.74) is 0.860. The Balaban J connectivity index is 1.58. The average Bonchev–Trinajstić information content (AvgIpc) is 2.98. The Hall–Kier alpha value is -1.43. The lowest BCUT2D eigenvalue weighted by atomic mass is 9.86. The van der Waals surface area contributed by atoms with Gasteiger partial charge in [-0.1, -0.05) is 24.4 Å². The van der Waals surface area contributed by atoms with Crippen molar-refractivity contribution in [2.45, 2.75) is 38.3 Å². The Kier molecular flexibility index (Phi) is 5.30. The van der Waals surface area contributed by atoms with Crippen LogP contribution in [0.25, 0.3) is 11.5 Å². The van der Waals surface area contributed by atoms with E-state index in [0.717, 1.165) is 31.4 Å². The van der Waals surface area contributed by atoms with Gasteiger partial charge in [-0.05, 0) is 50.1 Å². The number of aliphatic hydroxyl groups is 1. The highest BCUT2D eigenvalue weighted by Crippen LogP contribution is 2.25. The van der Waals surface area contributed by atoms with Crippen LogP contribution in [-0.4, -0.2) is 39.9 Å². The molecular formula is C17H22ClN3O2. The van der Waals surface area contributed by atoms with Gasteiger partial charge in [0.25, 0.3) is 0 Å². The second kappa shape index (κ2) is 7.43. The van der Waals surface area contributed by atoms with Crippen molar-refractivity contribution in [3.63, 3.8) is 0 Å². The summed E-state index contributed by atoms with van der Waals surface area (Å²) in [5, 5.41) is 19.0. The van der Waals surface area contributed by atoms with Crippen LogP contribution in [0.1, 0.15) is 31.6 Å². The molecule has 1 saturated carbocycles. The molecule has 0 amide bonds. The minimum absolute atomic E-state index is 0.182. The van der Waals surface area contributed by atoms with Gasteiger partial charge in [0.05, 0.1) is 12.6 Å². The Morgan fingerprint density at radius 2 is 1.96 bits per heavy atom. The Bertz CT molecular complexity index is 629. The summed E-state index contributed by atoms with van der Waals surface area (Å²) < 4.78 is 5.73. The molecule has 1 fully saturated rings. The molecule has 2 aromatic rings. The van der Waals surface area contributed by atoms with Gasteiger partial charge in [-0.3, -0.25) is 4.90 Å². The van der Waals surface area contributed by atoms with Gasteiger partial charge in [-0.2, -0.15) is 0 Å². The van der Waals surface area contributed by atoms with E-state index in [2.05, 4.69) is 15.1 Å². The zero-order valence-corrected chi connectivity index (χ0v) is 14.0. The topological polar surface area (TPSA) is 62.4 Å². The van der Waals surface area contributed by atoms with E-state index in [4.69, 9.17) is 16.0 Å². The molecule has 0 bridgehead atoms. The summed E-state index contributed by atoms with van der Waals surface area (Å²) in [6, 6.07) is 7.33. The van der Waals surface area contributed by atoms with Crippen molar-refractivity contribution in [2.75, 3.05) is 13.6 Å². The third-order valence-corrected chi connectivity index (χ3v) is 4.63. The van der Waals surface area contributed by atoms with E-state index in [9.17, 15) is 5.11 Å². The lowest BCUT2D eigenvalue weighted by Crippen LogP contribution is -2.34. The summed E-state index contributed by atoms with van der Waals surface area (Å²) in [6.07, 6.45) is 4.16. The zero-order valence-electron chi connectivity index (χ0n) is 13.3. The van der Waals surface area contributed by atoms with Crippen molar-refractivity contribution in [2.24, 2.45) is 5.92 Å². The molecular weight excluding hydrogens is 314 g/mol.